The number of allylic oxidation sites excluding steroid dienone is 2. The summed E-state index contributed by atoms with van der Waals surface area (Å²) in [5, 5.41) is 0.481. The minimum atomic E-state index is -0.792. The smallest absolute Gasteiger partial charge is 0.317 e. The molecule has 0 N–H and O–H groups in total. The van der Waals surface area contributed by atoms with Gasteiger partial charge in [0.25, 0.3) is 0 Å². The highest BCUT2D eigenvalue weighted by atomic mass is 35.5. The summed E-state index contributed by atoms with van der Waals surface area (Å²) in [5.41, 5.74) is 0.924. The highest BCUT2D eigenvalue weighted by Crippen LogP contribution is 2.37. The second kappa shape index (κ2) is 5.36. The number of halogens is 1. The average molecular weight is 265 g/mol. The van der Waals surface area contributed by atoms with E-state index in [1.54, 1.807) is 0 Å². The molecule has 4 heteroatoms. The van der Waals surface area contributed by atoms with E-state index < -0.39 is 11.9 Å². The topological polar surface area (TPSA) is 43.4 Å². The van der Waals surface area contributed by atoms with Crippen LogP contribution in [0.5, 0.6) is 0 Å². The van der Waals surface area contributed by atoms with Gasteiger partial charge in [0.05, 0.1) is 7.11 Å². The lowest BCUT2D eigenvalue weighted by atomic mass is 9.78. The summed E-state index contributed by atoms with van der Waals surface area (Å²) in [6.45, 7) is 0. The third-order valence-electron chi connectivity index (χ3n) is 3.11. The summed E-state index contributed by atoms with van der Waals surface area (Å²) in [6.07, 6.45) is 1.81. The van der Waals surface area contributed by atoms with Crippen molar-refractivity contribution in [3.8, 4) is 0 Å². The second-order valence-corrected chi connectivity index (χ2v) is 4.70. The molecule has 1 aliphatic rings. The third kappa shape index (κ3) is 2.46. The van der Waals surface area contributed by atoms with Gasteiger partial charge in [0.1, 0.15) is 5.92 Å². The highest BCUT2D eigenvalue weighted by molar-refractivity contribution is 6.32. The van der Waals surface area contributed by atoms with Gasteiger partial charge in [0, 0.05) is 11.0 Å². The van der Waals surface area contributed by atoms with Crippen LogP contribution in [-0.2, 0) is 14.3 Å². The zero-order chi connectivity index (χ0) is 13.1. The fourth-order valence-corrected chi connectivity index (χ4v) is 2.52. The molecule has 0 bridgehead atoms. The summed E-state index contributed by atoms with van der Waals surface area (Å²) < 4.78 is 4.71. The first-order chi connectivity index (χ1) is 8.63. The van der Waals surface area contributed by atoms with E-state index in [4.69, 9.17) is 16.3 Å². The predicted molar refractivity (Wildman–Crippen MR) is 68.2 cm³/mol. The van der Waals surface area contributed by atoms with Crippen LogP contribution in [0.3, 0.4) is 0 Å². The Kier molecular flexibility index (Phi) is 3.82. The van der Waals surface area contributed by atoms with Crippen LogP contribution in [0.4, 0.5) is 0 Å². The van der Waals surface area contributed by atoms with E-state index in [1.807, 2.05) is 30.3 Å². The maximum Gasteiger partial charge on any atom is 0.317 e. The number of ketones is 1. The first-order valence-corrected chi connectivity index (χ1v) is 6.04. The van der Waals surface area contributed by atoms with E-state index in [-0.39, 0.29) is 11.7 Å². The molecule has 0 heterocycles. The molecule has 1 aliphatic carbocycles. The molecule has 0 aromatic heterocycles. The first kappa shape index (κ1) is 12.8. The van der Waals surface area contributed by atoms with Crippen molar-refractivity contribution in [3.05, 3.63) is 47.0 Å². The molecule has 1 aromatic carbocycles. The van der Waals surface area contributed by atoms with Gasteiger partial charge in [-0.25, -0.2) is 0 Å². The Morgan fingerprint density at radius 2 is 2.00 bits per heavy atom. The van der Waals surface area contributed by atoms with Crippen molar-refractivity contribution in [1.82, 2.24) is 0 Å². The third-order valence-corrected chi connectivity index (χ3v) is 3.37. The van der Waals surface area contributed by atoms with Gasteiger partial charge in [-0.3, -0.25) is 9.59 Å². The van der Waals surface area contributed by atoms with E-state index in [9.17, 15) is 9.59 Å². The number of hydrogen-bond acceptors (Lipinski definition) is 3. The molecule has 0 aliphatic heterocycles. The van der Waals surface area contributed by atoms with E-state index in [1.165, 1.54) is 13.2 Å². The molecule has 0 unspecified atom stereocenters. The minimum Gasteiger partial charge on any atom is -0.468 e. The fourth-order valence-electron chi connectivity index (χ4n) is 2.25. The Morgan fingerprint density at radius 3 is 2.61 bits per heavy atom. The molecule has 3 nitrogen and oxygen atoms in total. The van der Waals surface area contributed by atoms with Crippen molar-refractivity contribution in [2.24, 2.45) is 5.92 Å². The number of hydrogen-bond donors (Lipinski definition) is 0. The summed E-state index contributed by atoms with van der Waals surface area (Å²) >= 11 is 5.96. The van der Waals surface area contributed by atoms with Gasteiger partial charge in [-0.2, -0.15) is 0 Å². The van der Waals surface area contributed by atoms with Gasteiger partial charge >= 0.3 is 5.97 Å². The quantitative estimate of drug-likeness (QED) is 0.609. The van der Waals surface area contributed by atoms with Gasteiger partial charge in [0.15, 0.2) is 5.78 Å². The largest absolute Gasteiger partial charge is 0.468 e. The molecular formula is C14H13ClO3. The molecule has 2 atom stereocenters. The van der Waals surface area contributed by atoms with Crippen LogP contribution in [0.25, 0.3) is 0 Å². The maximum absolute atomic E-state index is 11.9. The van der Waals surface area contributed by atoms with Gasteiger partial charge in [-0.05, 0) is 18.1 Å². The summed E-state index contributed by atoms with van der Waals surface area (Å²) in [7, 11) is 1.29. The normalized spacial score (nSPS) is 23.4. The van der Waals surface area contributed by atoms with Crippen LogP contribution in [0.15, 0.2) is 41.4 Å². The molecule has 0 radical (unpaired) electrons. The monoisotopic (exact) mass is 264 g/mol. The number of benzene rings is 1. The Morgan fingerprint density at radius 1 is 1.33 bits per heavy atom. The van der Waals surface area contributed by atoms with Crippen LogP contribution in [-0.4, -0.2) is 18.9 Å². The van der Waals surface area contributed by atoms with Crippen molar-refractivity contribution in [3.63, 3.8) is 0 Å². The molecule has 1 aromatic rings. The molecule has 94 valence electrons. The average Bonchev–Trinajstić information content (AvgIpc) is 2.38. The number of rotatable bonds is 2. The van der Waals surface area contributed by atoms with Crippen LogP contribution in [0.2, 0.25) is 0 Å². The summed E-state index contributed by atoms with van der Waals surface area (Å²) in [5.74, 6) is -1.83. The second-order valence-electron chi connectivity index (χ2n) is 4.22. The first-order valence-electron chi connectivity index (χ1n) is 5.66. The minimum absolute atomic E-state index is 0.247. The van der Waals surface area contributed by atoms with Crippen LogP contribution < -0.4 is 0 Å². The van der Waals surface area contributed by atoms with Gasteiger partial charge in [0.2, 0.25) is 0 Å². The zero-order valence-electron chi connectivity index (χ0n) is 9.93. The van der Waals surface area contributed by atoms with E-state index in [0.29, 0.717) is 11.5 Å². The van der Waals surface area contributed by atoms with Gasteiger partial charge in [-0.1, -0.05) is 41.9 Å². The molecule has 0 saturated heterocycles. The molecule has 0 amide bonds. The molecule has 0 spiro atoms. The van der Waals surface area contributed by atoms with Crippen LogP contribution in [0, 0.1) is 5.92 Å². The van der Waals surface area contributed by atoms with E-state index in [0.717, 1.165) is 5.56 Å². The molecule has 0 fully saturated rings. The van der Waals surface area contributed by atoms with Crippen molar-refractivity contribution in [2.45, 2.75) is 12.3 Å². The number of carbonyl (C=O) groups is 2. The molecule has 2 rings (SSSR count). The standard InChI is InChI=1S/C14H13ClO3/c1-18-14(17)13-11(7-10(15)8-12(13)16)9-5-3-2-4-6-9/h2-6,8,11,13H,7H2,1H3/t11-,13+/m1/s1. The Bertz CT molecular complexity index is 493. The zero-order valence-corrected chi connectivity index (χ0v) is 10.7. The van der Waals surface area contributed by atoms with Crippen molar-refractivity contribution in [2.75, 3.05) is 7.11 Å². The van der Waals surface area contributed by atoms with Crippen LogP contribution in [0.1, 0.15) is 17.9 Å². The van der Waals surface area contributed by atoms with E-state index in [2.05, 4.69) is 0 Å². The van der Waals surface area contributed by atoms with Crippen molar-refractivity contribution >= 4 is 23.4 Å². The number of ether oxygens (including phenoxy) is 1. The number of esters is 1. The lowest BCUT2D eigenvalue weighted by molar-refractivity contribution is -0.149. The van der Waals surface area contributed by atoms with Gasteiger partial charge in [-0.15, -0.1) is 0 Å². The SMILES string of the molecule is COC(=O)[C@@H]1C(=O)C=C(Cl)C[C@@H]1c1ccccc1. The Balaban J connectivity index is 2.40. The highest BCUT2D eigenvalue weighted by Gasteiger charge is 2.38. The Labute approximate surface area is 110 Å². The lowest BCUT2D eigenvalue weighted by Gasteiger charge is -2.27. The summed E-state index contributed by atoms with van der Waals surface area (Å²) in [6, 6.07) is 9.42. The fraction of sp³-hybridized carbons (Fsp3) is 0.286. The maximum atomic E-state index is 11.9. The van der Waals surface area contributed by atoms with Gasteiger partial charge < -0.3 is 4.74 Å². The lowest BCUT2D eigenvalue weighted by Crippen LogP contribution is -2.33. The number of carbonyl (C=O) groups excluding carboxylic acids is 2. The van der Waals surface area contributed by atoms with E-state index >= 15 is 0 Å². The van der Waals surface area contributed by atoms with Crippen molar-refractivity contribution < 1.29 is 14.3 Å². The number of methoxy groups -OCH3 is 1. The Hall–Kier alpha value is -1.61. The molecule has 0 saturated carbocycles. The predicted octanol–water partition coefficient (Wildman–Crippen LogP) is 2.65. The molecule has 18 heavy (non-hydrogen) atoms. The van der Waals surface area contributed by atoms with Crippen LogP contribution >= 0.6 is 11.6 Å². The molecular weight excluding hydrogens is 252 g/mol. The van der Waals surface area contributed by atoms with Crippen molar-refractivity contribution in [1.29, 1.82) is 0 Å². The summed E-state index contributed by atoms with van der Waals surface area (Å²) in [4.78, 5) is 23.7.